The van der Waals surface area contributed by atoms with E-state index >= 15 is 0 Å². The monoisotopic (exact) mass is 347 g/mol. The summed E-state index contributed by atoms with van der Waals surface area (Å²) in [6.07, 6.45) is 6.30. The number of carbonyl (C=O) groups is 1. The van der Waals surface area contributed by atoms with Gasteiger partial charge in [0.15, 0.2) is 0 Å². The smallest absolute Gasteiger partial charge is 0.251 e. The molecule has 1 amide bonds. The highest BCUT2D eigenvalue weighted by Crippen LogP contribution is 2.35. The number of amides is 1. The van der Waals surface area contributed by atoms with Gasteiger partial charge >= 0.3 is 0 Å². The Morgan fingerprint density at radius 3 is 2.62 bits per heavy atom. The van der Waals surface area contributed by atoms with Crippen LogP contribution < -0.4 is 5.32 Å². The van der Waals surface area contributed by atoms with Crippen molar-refractivity contribution in [3.8, 4) is 5.69 Å². The maximum atomic E-state index is 12.9. The SMILES string of the molecule is O=C(NC(c1ccccc1)C1CCCC1)c1cccc(-n2cnnn2)c1. The maximum absolute atomic E-state index is 12.9. The fourth-order valence-electron chi connectivity index (χ4n) is 3.72. The molecule has 2 aromatic carbocycles. The van der Waals surface area contributed by atoms with Crippen molar-refractivity contribution in [1.29, 1.82) is 0 Å². The van der Waals surface area contributed by atoms with Crippen LogP contribution in [0.2, 0.25) is 0 Å². The Bertz CT molecular complexity index is 857. The predicted molar refractivity (Wildman–Crippen MR) is 97.8 cm³/mol. The molecule has 1 atom stereocenters. The third kappa shape index (κ3) is 3.49. The van der Waals surface area contributed by atoms with Crippen molar-refractivity contribution < 1.29 is 4.79 Å². The van der Waals surface area contributed by atoms with Gasteiger partial charge in [-0.2, -0.15) is 0 Å². The van der Waals surface area contributed by atoms with Crippen molar-refractivity contribution in [2.45, 2.75) is 31.7 Å². The number of hydrogen-bond acceptors (Lipinski definition) is 4. The Morgan fingerprint density at radius 1 is 1.08 bits per heavy atom. The highest BCUT2D eigenvalue weighted by atomic mass is 16.1. The molecule has 1 saturated carbocycles. The van der Waals surface area contributed by atoms with Crippen LogP contribution in [0, 0.1) is 5.92 Å². The first-order chi connectivity index (χ1) is 12.8. The quantitative estimate of drug-likeness (QED) is 0.768. The number of benzene rings is 2. The van der Waals surface area contributed by atoms with Gasteiger partial charge < -0.3 is 5.32 Å². The van der Waals surface area contributed by atoms with E-state index in [0.717, 1.165) is 18.5 Å². The lowest BCUT2D eigenvalue weighted by molar-refractivity contribution is 0.0921. The largest absolute Gasteiger partial charge is 0.345 e. The summed E-state index contributed by atoms with van der Waals surface area (Å²) in [5.41, 5.74) is 2.54. The molecule has 6 heteroatoms. The zero-order valence-electron chi connectivity index (χ0n) is 14.5. The molecule has 0 saturated heterocycles. The van der Waals surface area contributed by atoms with E-state index in [1.807, 2.05) is 42.5 Å². The van der Waals surface area contributed by atoms with Gasteiger partial charge in [-0.05, 0) is 52.9 Å². The average molecular weight is 347 g/mol. The Balaban J connectivity index is 1.58. The van der Waals surface area contributed by atoms with E-state index in [-0.39, 0.29) is 11.9 Å². The number of rotatable bonds is 5. The summed E-state index contributed by atoms with van der Waals surface area (Å²) in [6.45, 7) is 0. The van der Waals surface area contributed by atoms with Crippen LogP contribution in [0.3, 0.4) is 0 Å². The third-order valence-corrected chi connectivity index (χ3v) is 5.04. The highest BCUT2D eigenvalue weighted by Gasteiger charge is 2.28. The van der Waals surface area contributed by atoms with Gasteiger partial charge in [0.2, 0.25) is 0 Å². The van der Waals surface area contributed by atoms with Crippen LogP contribution in [0.5, 0.6) is 0 Å². The molecule has 1 N–H and O–H groups in total. The van der Waals surface area contributed by atoms with E-state index in [9.17, 15) is 4.79 Å². The topological polar surface area (TPSA) is 72.7 Å². The lowest BCUT2D eigenvalue weighted by atomic mass is 9.91. The van der Waals surface area contributed by atoms with E-state index < -0.39 is 0 Å². The normalized spacial score (nSPS) is 15.7. The van der Waals surface area contributed by atoms with Crippen molar-refractivity contribution in [1.82, 2.24) is 25.5 Å². The van der Waals surface area contributed by atoms with Gasteiger partial charge in [0.25, 0.3) is 5.91 Å². The van der Waals surface area contributed by atoms with Crippen molar-refractivity contribution >= 4 is 5.91 Å². The van der Waals surface area contributed by atoms with E-state index in [1.165, 1.54) is 24.7 Å². The molecule has 0 spiro atoms. The molecule has 4 rings (SSSR count). The van der Waals surface area contributed by atoms with Gasteiger partial charge in [0.1, 0.15) is 6.33 Å². The van der Waals surface area contributed by atoms with Crippen molar-refractivity contribution in [3.05, 3.63) is 72.1 Å². The van der Waals surface area contributed by atoms with E-state index in [4.69, 9.17) is 0 Å². The summed E-state index contributed by atoms with van der Waals surface area (Å²) in [5.74, 6) is 0.421. The molecule has 3 aromatic rings. The lowest BCUT2D eigenvalue weighted by Crippen LogP contribution is -2.32. The van der Waals surface area contributed by atoms with Crippen molar-refractivity contribution in [2.24, 2.45) is 5.92 Å². The van der Waals surface area contributed by atoms with Gasteiger partial charge in [0, 0.05) is 5.56 Å². The van der Waals surface area contributed by atoms with Crippen LogP contribution in [0.15, 0.2) is 60.9 Å². The summed E-state index contributed by atoms with van der Waals surface area (Å²) >= 11 is 0. The number of carbonyl (C=O) groups excluding carboxylic acids is 1. The summed E-state index contributed by atoms with van der Waals surface area (Å²) in [7, 11) is 0. The first kappa shape index (κ1) is 16.4. The maximum Gasteiger partial charge on any atom is 0.251 e. The van der Waals surface area contributed by atoms with Crippen LogP contribution in [0.25, 0.3) is 5.69 Å². The number of hydrogen-bond donors (Lipinski definition) is 1. The van der Waals surface area contributed by atoms with E-state index in [1.54, 1.807) is 4.68 Å². The minimum atomic E-state index is -0.0688. The van der Waals surface area contributed by atoms with Gasteiger partial charge in [-0.25, -0.2) is 4.68 Å². The molecule has 1 aliphatic rings. The molecule has 1 aliphatic carbocycles. The van der Waals surface area contributed by atoms with Gasteiger partial charge in [-0.1, -0.05) is 49.2 Å². The van der Waals surface area contributed by atoms with E-state index in [0.29, 0.717) is 11.5 Å². The Kier molecular flexibility index (Phi) is 4.73. The highest BCUT2D eigenvalue weighted by molar-refractivity contribution is 5.95. The first-order valence-electron chi connectivity index (χ1n) is 9.00. The standard InChI is InChI=1S/C20H21N5O/c26-20(17-11-6-12-18(13-17)25-14-21-23-24-25)22-19(16-9-4-5-10-16)15-7-2-1-3-8-15/h1-3,6-8,11-14,16,19H,4-5,9-10H2,(H,22,26). The molecular formula is C20H21N5O. The van der Waals surface area contributed by atoms with Crippen molar-refractivity contribution in [3.63, 3.8) is 0 Å². The molecule has 1 unspecified atom stereocenters. The molecule has 0 radical (unpaired) electrons. The number of nitrogens with zero attached hydrogens (tertiary/aromatic N) is 4. The van der Waals surface area contributed by atoms with E-state index in [2.05, 4.69) is 33.0 Å². The number of nitrogens with one attached hydrogen (secondary N) is 1. The minimum absolute atomic E-state index is 0.0443. The fraction of sp³-hybridized carbons (Fsp3) is 0.300. The van der Waals surface area contributed by atoms with Gasteiger partial charge in [0.05, 0.1) is 11.7 Å². The second-order valence-electron chi connectivity index (χ2n) is 6.71. The van der Waals surface area contributed by atoms with Crippen molar-refractivity contribution in [2.75, 3.05) is 0 Å². The molecule has 132 valence electrons. The summed E-state index contributed by atoms with van der Waals surface area (Å²) < 4.78 is 1.54. The molecule has 1 heterocycles. The predicted octanol–water partition coefficient (Wildman–Crippen LogP) is 3.32. The van der Waals surface area contributed by atoms with Crippen LogP contribution >= 0.6 is 0 Å². The number of tetrazole rings is 1. The third-order valence-electron chi connectivity index (χ3n) is 5.04. The molecule has 1 aromatic heterocycles. The van der Waals surface area contributed by atoms with Gasteiger partial charge in [-0.3, -0.25) is 4.79 Å². The van der Waals surface area contributed by atoms with Gasteiger partial charge in [-0.15, -0.1) is 5.10 Å². The second-order valence-corrected chi connectivity index (χ2v) is 6.71. The number of aromatic nitrogens is 4. The summed E-state index contributed by atoms with van der Waals surface area (Å²) in [6, 6.07) is 17.7. The zero-order valence-corrected chi connectivity index (χ0v) is 14.5. The molecule has 1 fully saturated rings. The molecule has 0 bridgehead atoms. The minimum Gasteiger partial charge on any atom is -0.345 e. The average Bonchev–Trinajstić information content (AvgIpc) is 3.40. The lowest BCUT2D eigenvalue weighted by Gasteiger charge is -2.25. The summed E-state index contributed by atoms with van der Waals surface area (Å²) in [5, 5.41) is 14.4. The van der Waals surface area contributed by atoms with Crippen LogP contribution in [-0.2, 0) is 0 Å². The molecular weight excluding hydrogens is 326 g/mol. The Labute approximate surface area is 152 Å². The summed E-state index contributed by atoms with van der Waals surface area (Å²) in [4.78, 5) is 12.9. The molecule has 0 aliphatic heterocycles. The second kappa shape index (κ2) is 7.47. The van der Waals surface area contributed by atoms with Crippen LogP contribution in [0.1, 0.15) is 47.6 Å². The van der Waals surface area contributed by atoms with Crippen LogP contribution in [0.4, 0.5) is 0 Å². The van der Waals surface area contributed by atoms with Crippen LogP contribution in [-0.4, -0.2) is 26.1 Å². The first-order valence-corrected chi connectivity index (χ1v) is 9.00. The molecule has 6 nitrogen and oxygen atoms in total. The fourth-order valence-corrected chi connectivity index (χ4v) is 3.72. The Morgan fingerprint density at radius 2 is 1.88 bits per heavy atom. The zero-order chi connectivity index (χ0) is 17.8. The Hall–Kier alpha value is -3.02. The molecule has 26 heavy (non-hydrogen) atoms.